The molecule has 0 spiro atoms. The monoisotopic (exact) mass is 235 g/mol. The van der Waals surface area contributed by atoms with E-state index in [4.69, 9.17) is 5.53 Å². The average molecular weight is 235 g/mol. The van der Waals surface area contributed by atoms with Gasteiger partial charge >= 0.3 is 5.69 Å². The van der Waals surface area contributed by atoms with Gasteiger partial charge in [-0.25, -0.2) is 9.78 Å². The molecule has 0 aliphatic heterocycles. The van der Waals surface area contributed by atoms with Crippen LogP contribution in [0, 0.1) is 0 Å². The van der Waals surface area contributed by atoms with Gasteiger partial charge in [-0.2, -0.15) is 0 Å². The van der Waals surface area contributed by atoms with Crippen molar-refractivity contribution < 1.29 is 0 Å². The molecule has 0 bridgehead atoms. The number of nitrogens with zero attached hydrogens (tertiary/aromatic N) is 7. The highest BCUT2D eigenvalue weighted by atomic mass is 16.2. The summed E-state index contributed by atoms with van der Waals surface area (Å²) in [6, 6.07) is 0. The Morgan fingerprint density at radius 1 is 1.18 bits per heavy atom. The summed E-state index contributed by atoms with van der Waals surface area (Å²) in [6.45, 7) is 0. The summed E-state index contributed by atoms with van der Waals surface area (Å²) < 4.78 is 3.56. The largest absolute Gasteiger partial charge is 0.332 e. The zero-order valence-electron chi connectivity index (χ0n) is 9.45. The van der Waals surface area contributed by atoms with Crippen LogP contribution >= 0.6 is 0 Å². The fraction of sp³-hybridized carbons (Fsp3) is 0.375. The molecule has 17 heavy (non-hydrogen) atoms. The van der Waals surface area contributed by atoms with Crippen LogP contribution in [0.4, 0.5) is 5.95 Å². The Labute approximate surface area is 94.2 Å². The second-order valence-electron chi connectivity index (χ2n) is 3.54. The number of azide groups is 1. The van der Waals surface area contributed by atoms with E-state index in [0.717, 1.165) is 4.57 Å². The van der Waals surface area contributed by atoms with Crippen molar-refractivity contribution >= 4 is 17.1 Å². The molecule has 0 aromatic carbocycles. The van der Waals surface area contributed by atoms with Crippen LogP contribution in [-0.2, 0) is 21.1 Å². The van der Waals surface area contributed by atoms with Crippen LogP contribution in [-0.4, -0.2) is 18.7 Å². The maximum absolute atomic E-state index is 11.9. The standard InChI is InChI=1S/C8H9N7O2/c1-13-4-5(10-7(13)11-12-9)14(2)8(17)15(3)6(4)16/h1-3H3. The minimum Gasteiger partial charge on any atom is -0.320 e. The van der Waals surface area contributed by atoms with Crippen LogP contribution in [0.25, 0.3) is 21.6 Å². The van der Waals surface area contributed by atoms with Crippen molar-refractivity contribution in [2.75, 3.05) is 0 Å². The molecule has 0 aliphatic rings. The molecule has 9 nitrogen and oxygen atoms in total. The minimum atomic E-state index is -0.479. The van der Waals surface area contributed by atoms with Gasteiger partial charge in [-0.1, -0.05) is 0 Å². The Morgan fingerprint density at radius 3 is 2.41 bits per heavy atom. The third-order valence-corrected chi connectivity index (χ3v) is 2.59. The summed E-state index contributed by atoms with van der Waals surface area (Å²) in [5.41, 5.74) is 7.83. The number of imidazole rings is 1. The zero-order chi connectivity index (χ0) is 12.7. The van der Waals surface area contributed by atoms with Gasteiger partial charge in [0.25, 0.3) is 5.56 Å². The first kappa shape index (κ1) is 11.0. The Morgan fingerprint density at radius 2 is 1.82 bits per heavy atom. The van der Waals surface area contributed by atoms with Crippen molar-refractivity contribution in [2.45, 2.75) is 0 Å². The van der Waals surface area contributed by atoms with E-state index in [1.807, 2.05) is 0 Å². The first-order valence-corrected chi connectivity index (χ1v) is 4.66. The van der Waals surface area contributed by atoms with E-state index in [0.29, 0.717) is 0 Å². The highest BCUT2D eigenvalue weighted by molar-refractivity contribution is 5.73. The lowest BCUT2D eigenvalue weighted by Crippen LogP contribution is -2.37. The smallest absolute Gasteiger partial charge is 0.320 e. The van der Waals surface area contributed by atoms with Gasteiger partial charge in [0.1, 0.15) is 0 Å². The van der Waals surface area contributed by atoms with Gasteiger partial charge < -0.3 is 4.57 Å². The molecule has 0 saturated carbocycles. The number of fused-ring (bicyclic) bond motifs is 1. The Balaban J connectivity index is 3.13. The van der Waals surface area contributed by atoms with E-state index in [-0.39, 0.29) is 17.1 Å². The molecule has 2 aromatic heterocycles. The molecule has 0 atom stereocenters. The lowest BCUT2D eigenvalue weighted by atomic mass is 10.5. The molecule has 0 aliphatic carbocycles. The first-order chi connectivity index (χ1) is 7.99. The van der Waals surface area contributed by atoms with Crippen molar-refractivity contribution in [3.05, 3.63) is 31.3 Å². The molecule has 0 amide bonds. The van der Waals surface area contributed by atoms with E-state index >= 15 is 0 Å². The third kappa shape index (κ3) is 1.33. The predicted molar refractivity (Wildman–Crippen MR) is 60.0 cm³/mol. The summed E-state index contributed by atoms with van der Waals surface area (Å²) in [6.07, 6.45) is 0. The summed E-state index contributed by atoms with van der Waals surface area (Å²) >= 11 is 0. The normalized spacial score (nSPS) is 10.5. The summed E-state index contributed by atoms with van der Waals surface area (Å²) in [7, 11) is 4.42. The average Bonchev–Trinajstić information content (AvgIpc) is 2.62. The van der Waals surface area contributed by atoms with Gasteiger partial charge in [0.05, 0.1) is 0 Å². The minimum absolute atomic E-state index is 0.0424. The van der Waals surface area contributed by atoms with Crippen molar-refractivity contribution in [1.82, 2.24) is 18.7 Å². The molecular formula is C8H9N7O2. The fourth-order valence-corrected chi connectivity index (χ4v) is 1.64. The number of rotatable bonds is 1. The van der Waals surface area contributed by atoms with Crippen molar-refractivity contribution in [3.63, 3.8) is 0 Å². The van der Waals surface area contributed by atoms with Gasteiger partial charge in [0.2, 0.25) is 0 Å². The Bertz CT molecular complexity index is 772. The van der Waals surface area contributed by atoms with Crippen LogP contribution in [0.5, 0.6) is 0 Å². The van der Waals surface area contributed by atoms with E-state index < -0.39 is 11.2 Å². The van der Waals surface area contributed by atoms with Gasteiger partial charge in [-0.3, -0.25) is 13.9 Å². The van der Waals surface area contributed by atoms with Gasteiger partial charge in [0.15, 0.2) is 17.1 Å². The topological polar surface area (TPSA) is 111 Å². The SMILES string of the molecule is Cn1c(=O)c2c(nc(N=[N+]=[N-])n2C)n(C)c1=O. The summed E-state index contributed by atoms with van der Waals surface area (Å²) in [4.78, 5) is 30.1. The number of hydrogen-bond donors (Lipinski definition) is 0. The zero-order valence-corrected chi connectivity index (χ0v) is 9.45. The lowest BCUT2D eigenvalue weighted by molar-refractivity contribution is 0.705. The summed E-state index contributed by atoms with van der Waals surface area (Å²) in [5.74, 6) is 0.0424. The molecule has 9 heteroatoms. The molecular weight excluding hydrogens is 226 g/mol. The predicted octanol–water partition coefficient (Wildman–Crippen LogP) is -0.0875. The molecule has 0 fully saturated rings. The Kier molecular flexibility index (Phi) is 2.25. The van der Waals surface area contributed by atoms with Crippen LogP contribution in [0.1, 0.15) is 0 Å². The van der Waals surface area contributed by atoms with Crippen LogP contribution < -0.4 is 11.2 Å². The van der Waals surface area contributed by atoms with Gasteiger partial charge in [-0.05, 0) is 10.6 Å². The molecule has 0 N–H and O–H groups in total. The summed E-state index contributed by atoms with van der Waals surface area (Å²) in [5, 5.41) is 3.35. The van der Waals surface area contributed by atoms with Crippen LogP contribution in [0.3, 0.4) is 0 Å². The van der Waals surface area contributed by atoms with Crippen molar-refractivity contribution in [1.29, 1.82) is 0 Å². The van der Waals surface area contributed by atoms with Crippen molar-refractivity contribution in [2.24, 2.45) is 26.3 Å². The van der Waals surface area contributed by atoms with Crippen LogP contribution in [0.2, 0.25) is 0 Å². The number of hydrogen-bond acceptors (Lipinski definition) is 4. The highest BCUT2D eigenvalue weighted by Gasteiger charge is 2.15. The van der Waals surface area contributed by atoms with Gasteiger partial charge in [-0.15, -0.1) is 0 Å². The molecule has 0 radical (unpaired) electrons. The van der Waals surface area contributed by atoms with E-state index in [9.17, 15) is 9.59 Å². The molecule has 0 unspecified atom stereocenters. The molecule has 2 rings (SSSR count). The van der Waals surface area contributed by atoms with Crippen molar-refractivity contribution in [3.8, 4) is 0 Å². The third-order valence-electron chi connectivity index (χ3n) is 2.59. The number of aromatic nitrogens is 4. The first-order valence-electron chi connectivity index (χ1n) is 4.66. The Hall–Kier alpha value is -2.54. The maximum Gasteiger partial charge on any atom is 0.332 e. The molecule has 88 valence electrons. The second kappa shape index (κ2) is 3.49. The molecule has 2 heterocycles. The van der Waals surface area contributed by atoms with E-state index in [1.54, 1.807) is 7.05 Å². The second-order valence-corrected chi connectivity index (χ2v) is 3.54. The van der Waals surface area contributed by atoms with E-state index in [1.165, 1.54) is 23.2 Å². The quantitative estimate of drug-likeness (QED) is 0.391. The number of aryl methyl sites for hydroxylation is 2. The molecule has 2 aromatic rings. The fourth-order valence-electron chi connectivity index (χ4n) is 1.64. The highest BCUT2D eigenvalue weighted by Crippen LogP contribution is 2.15. The van der Waals surface area contributed by atoms with Crippen LogP contribution in [0.15, 0.2) is 14.7 Å². The van der Waals surface area contributed by atoms with Gasteiger partial charge in [0, 0.05) is 26.1 Å². The van der Waals surface area contributed by atoms with E-state index in [2.05, 4.69) is 15.0 Å². The lowest BCUT2D eigenvalue weighted by Gasteiger charge is -2.02. The molecule has 0 saturated heterocycles. The maximum atomic E-state index is 11.9.